The SMILES string of the molecule is O=[N+](O)c1ccc(C[P+](c2ccccc2)(c2ccccc2)c2ccccc2)cc1. The Morgan fingerprint density at radius 3 is 1.31 bits per heavy atom. The topological polar surface area (TPSA) is 40.3 Å². The first-order chi connectivity index (χ1) is 14.2. The van der Waals surface area contributed by atoms with Gasteiger partial charge in [-0.1, -0.05) is 54.6 Å². The first kappa shape index (κ1) is 19.0. The molecular weight excluding hydrogens is 377 g/mol. The van der Waals surface area contributed by atoms with Gasteiger partial charge in [0.1, 0.15) is 23.2 Å². The number of hydrogen-bond donors (Lipinski definition) is 1. The molecule has 142 valence electrons. The van der Waals surface area contributed by atoms with Gasteiger partial charge in [0.2, 0.25) is 0 Å². The van der Waals surface area contributed by atoms with Crippen LogP contribution in [0.25, 0.3) is 0 Å². The summed E-state index contributed by atoms with van der Waals surface area (Å²) in [4.78, 5) is 11.1. The Labute approximate surface area is 171 Å². The van der Waals surface area contributed by atoms with Crippen LogP contribution in [0.2, 0.25) is 0 Å². The predicted molar refractivity (Wildman–Crippen MR) is 120 cm³/mol. The van der Waals surface area contributed by atoms with Gasteiger partial charge in [-0.2, -0.15) is 0 Å². The van der Waals surface area contributed by atoms with Crippen LogP contribution in [0, 0.1) is 4.91 Å². The van der Waals surface area contributed by atoms with E-state index in [0.29, 0.717) is 0 Å². The molecule has 29 heavy (non-hydrogen) atoms. The molecule has 4 aromatic carbocycles. The van der Waals surface area contributed by atoms with Gasteiger partial charge in [0.05, 0.1) is 11.1 Å². The fourth-order valence-corrected chi connectivity index (χ4v) is 8.02. The normalized spacial score (nSPS) is 11.2. The van der Waals surface area contributed by atoms with E-state index in [4.69, 9.17) is 5.21 Å². The summed E-state index contributed by atoms with van der Waals surface area (Å²) in [5.74, 6) is 0. The van der Waals surface area contributed by atoms with Gasteiger partial charge in [0, 0.05) is 12.1 Å². The van der Waals surface area contributed by atoms with Gasteiger partial charge in [-0.15, -0.1) is 0 Å². The molecule has 4 heteroatoms. The standard InChI is InChI=1S/C25H22NO2P/c27-26(28)22-18-16-21(17-19-22)20-29(23-10-4-1-5-11-23,24-12-6-2-7-13-24)25-14-8-3-9-15-25/h1-19H,20H2,(H,27,28)/q+2. The minimum atomic E-state index is -1.97. The fourth-order valence-electron chi connectivity index (χ4n) is 3.77. The number of hydrogen-bond acceptors (Lipinski definition) is 1. The van der Waals surface area contributed by atoms with Crippen LogP contribution >= 0.6 is 7.26 Å². The highest BCUT2D eigenvalue weighted by Gasteiger charge is 2.45. The van der Waals surface area contributed by atoms with Crippen molar-refractivity contribution in [3.05, 3.63) is 126 Å². The second-order valence-electron chi connectivity index (χ2n) is 6.91. The maximum atomic E-state index is 11.2. The first-order valence-electron chi connectivity index (χ1n) is 9.50. The summed E-state index contributed by atoms with van der Waals surface area (Å²) in [5, 5.41) is 13.1. The van der Waals surface area contributed by atoms with Crippen LogP contribution in [-0.4, -0.2) is 10.1 Å². The lowest BCUT2D eigenvalue weighted by Crippen LogP contribution is -2.32. The van der Waals surface area contributed by atoms with Gasteiger partial charge in [0.25, 0.3) is 4.92 Å². The Kier molecular flexibility index (Phi) is 5.50. The highest BCUT2D eigenvalue weighted by atomic mass is 31.2. The Balaban J connectivity index is 1.93. The van der Waals surface area contributed by atoms with E-state index < -0.39 is 7.26 Å². The third kappa shape index (κ3) is 3.83. The molecule has 0 amide bonds. The summed E-state index contributed by atoms with van der Waals surface area (Å²) in [6, 6.07) is 39.2. The Bertz CT molecular complexity index is 985. The van der Waals surface area contributed by atoms with Gasteiger partial charge in [0.15, 0.2) is 0 Å². The molecular formula is C25H22NO2P+2. The molecule has 0 atom stereocenters. The third-order valence-corrected chi connectivity index (χ3v) is 9.55. The van der Waals surface area contributed by atoms with Crippen molar-refractivity contribution in [2.24, 2.45) is 0 Å². The van der Waals surface area contributed by atoms with Gasteiger partial charge in [-0.25, -0.2) is 5.21 Å². The van der Waals surface area contributed by atoms with E-state index in [1.165, 1.54) is 15.9 Å². The first-order valence-corrected chi connectivity index (χ1v) is 11.5. The third-order valence-electron chi connectivity index (χ3n) is 5.17. The summed E-state index contributed by atoms with van der Waals surface area (Å²) in [7, 11) is -1.97. The van der Waals surface area contributed by atoms with E-state index in [1.807, 2.05) is 30.3 Å². The van der Waals surface area contributed by atoms with Crippen LogP contribution in [0.15, 0.2) is 115 Å². The molecule has 0 aromatic heterocycles. The lowest BCUT2D eigenvalue weighted by Gasteiger charge is -2.27. The number of rotatable bonds is 6. The molecule has 4 rings (SSSR count). The van der Waals surface area contributed by atoms with Gasteiger partial charge >= 0.3 is 5.69 Å². The minimum Gasteiger partial charge on any atom is -0.241 e. The minimum absolute atomic E-state index is 0.0994. The summed E-state index contributed by atoms with van der Waals surface area (Å²) in [6.45, 7) is 0. The predicted octanol–water partition coefficient (Wildman–Crippen LogP) is 4.98. The molecule has 3 nitrogen and oxygen atoms in total. The Morgan fingerprint density at radius 1 is 0.586 bits per heavy atom. The highest BCUT2D eigenvalue weighted by Crippen LogP contribution is 2.58. The average molecular weight is 399 g/mol. The van der Waals surface area contributed by atoms with Crippen molar-refractivity contribution >= 4 is 28.9 Å². The molecule has 0 aliphatic heterocycles. The van der Waals surface area contributed by atoms with E-state index in [9.17, 15) is 4.91 Å². The summed E-state index contributed by atoms with van der Waals surface area (Å²) >= 11 is 0. The Morgan fingerprint density at radius 2 is 0.966 bits per heavy atom. The molecule has 0 fully saturated rings. The molecule has 0 unspecified atom stereocenters. The second kappa shape index (κ2) is 8.38. The maximum absolute atomic E-state index is 11.2. The van der Waals surface area contributed by atoms with Crippen molar-refractivity contribution in [2.45, 2.75) is 6.16 Å². The monoisotopic (exact) mass is 399 g/mol. The zero-order valence-electron chi connectivity index (χ0n) is 15.9. The highest BCUT2D eigenvalue weighted by molar-refractivity contribution is 7.95. The summed E-state index contributed by atoms with van der Waals surface area (Å²) in [6.07, 6.45) is 0.829. The van der Waals surface area contributed by atoms with Crippen molar-refractivity contribution in [3.63, 3.8) is 0 Å². The molecule has 0 bridgehead atoms. The molecule has 0 saturated heterocycles. The molecule has 0 spiro atoms. The lowest BCUT2D eigenvalue weighted by molar-refractivity contribution is -0.729. The van der Waals surface area contributed by atoms with Gasteiger partial charge in [-0.3, -0.25) is 0 Å². The van der Waals surface area contributed by atoms with E-state index >= 15 is 0 Å². The van der Waals surface area contributed by atoms with E-state index in [-0.39, 0.29) is 10.6 Å². The zero-order valence-corrected chi connectivity index (χ0v) is 16.8. The van der Waals surface area contributed by atoms with Crippen LogP contribution < -0.4 is 15.9 Å². The molecule has 0 aliphatic carbocycles. The van der Waals surface area contributed by atoms with Crippen LogP contribution in [-0.2, 0) is 6.16 Å². The molecule has 0 saturated carbocycles. The van der Waals surface area contributed by atoms with Crippen molar-refractivity contribution < 1.29 is 10.1 Å². The largest absolute Gasteiger partial charge is 0.316 e. The maximum Gasteiger partial charge on any atom is 0.316 e. The number of nitrogens with zero attached hydrogens (tertiary/aromatic N) is 1. The molecule has 1 N–H and O–H groups in total. The summed E-state index contributed by atoms with van der Waals surface area (Å²) < 4.78 is 0. The van der Waals surface area contributed by atoms with Gasteiger partial charge < -0.3 is 0 Å². The molecule has 4 aromatic rings. The van der Waals surface area contributed by atoms with Crippen molar-refractivity contribution in [1.82, 2.24) is 0 Å². The fraction of sp³-hybridized carbons (Fsp3) is 0.0400. The van der Waals surface area contributed by atoms with Gasteiger partial charge in [-0.05, 0) is 54.1 Å². The van der Waals surface area contributed by atoms with Crippen molar-refractivity contribution in [3.8, 4) is 0 Å². The van der Waals surface area contributed by atoms with Crippen molar-refractivity contribution in [2.75, 3.05) is 0 Å². The summed E-state index contributed by atoms with van der Waals surface area (Å²) in [5.41, 5.74) is 1.36. The molecule has 0 aliphatic rings. The molecule has 0 radical (unpaired) electrons. The zero-order chi connectivity index (χ0) is 20.1. The quantitative estimate of drug-likeness (QED) is 0.367. The van der Waals surface area contributed by atoms with Crippen LogP contribution in [0.4, 0.5) is 5.69 Å². The van der Waals surface area contributed by atoms with E-state index in [0.717, 1.165) is 11.7 Å². The average Bonchev–Trinajstić information content (AvgIpc) is 2.79. The van der Waals surface area contributed by atoms with Crippen molar-refractivity contribution in [1.29, 1.82) is 0 Å². The lowest BCUT2D eigenvalue weighted by atomic mass is 10.2. The van der Waals surface area contributed by atoms with Crippen LogP contribution in [0.5, 0.6) is 0 Å². The Hall–Kier alpha value is -3.29. The smallest absolute Gasteiger partial charge is 0.241 e. The molecule has 0 heterocycles. The van der Waals surface area contributed by atoms with Crippen LogP contribution in [0.3, 0.4) is 0 Å². The van der Waals surface area contributed by atoms with E-state index in [1.54, 1.807) is 12.1 Å². The van der Waals surface area contributed by atoms with E-state index in [2.05, 4.69) is 72.8 Å². The number of benzene rings is 4. The second-order valence-corrected chi connectivity index (χ2v) is 10.4. The van der Waals surface area contributed by atoms with Crippen LogP contribution in [0.1, 0.15) is 5.56 Å².